The van der Waals surface area contributed by atoms with Crippen LogP contribution in [0.15, 0.2) is 30.3 Å². The van der Waals surface area contributed by atoms with Crippen LogP contribution in [-0.4, -0.2) is 12.1 Å². The van der Waals surface area contributed by atoms with Gasteiger partial charge in [0.1, 0.15) is 0 Å². The number of benzene rings is 1. The number of hydrogen-bond acceptors (Lipinski definition) is 1. The van der Waals surface area contributed by atoms with E-state index in [1.807, 2.05) is 30.3 Å². The molecule has 2 N–H and O–H groups in total. The highest BCUT2D eigenvalue weighted by Crippen LogP contribution is 2.44. The Morgan fingerprint density at radius 3 is 2.59 bits per heavy atom. The van der Waals surface area contributed by atoms with E-state index in [1.165, 1.54) is 25.7 Å². The summed E-state index contributed by atoms with van der Waals surface area (Å²) in [7, 11) is 0. The molecule has 17 heavy (non-hydrogen) atoms. The van der Waals surface area contributed by atoms with Gasteiger partial charge in [-0.2, -0.15) is 0 Å². The van der Waals surface area contributed by atoms with Gasteiger partial charge in [-0.3, -0.25) is 0 Å². The lowest BCUT2D eigenvalue weighted by Crippen LogP contribution is -2.40. The molecule has 2 aliphatic rings. The lowest BCUT2D eigenvalue weighted by Gasteiger charge is -2.22. The quantitative estimate of drug-likeness (QED) is 0.805. The summed E-state index contributed by atoms with van der Waals surface area (Å²) in [4.78, 5) is 11.8. The van der Waals surface area contributed by atoms with Crippen molar-refractivity contribution in [1.29, 1.82) is 0 Å². The predicted octanol–water partition coefficient (Wildman–Crippen LogP) is 3.00. The van der Waals surface area contributed by atoms with Gasteiger partial charge >= 0.3 is 6.03 Å². The van der Waals surface area contributed by atoms with Crippen molar-refractivity contribution in [2.45, 2.75) is 31.7 Å². The first-order chi connectivity index (χ1) is 8.31. The van der Waals surface area contributed by atoms with Crippen LogP contribution in [0.3, 0.4) is 0 Å². The molecule has 0 unspecified atom stereocenters. The molecular weight excluding hydrogens is 212 g/mol. The molecule has 2 amide bonds. The third-order valence-corrected chi connectivity index (χ3v) is 4.09. The first kappa shape index (κ1) is 10.6. The molecule has 2 fully saturated rings. The molecule has 0 aliphatic heterocycles. The van der Waals surface area contributed by atoms with Crippen LogP contribution in [0.25, 0.3) is 0 Å². The minimum Gasteiger partial charge on any atom is -0.335 e. The topological polar surface area (TPSA) is 41.1 Å². The Labute approximate surface area is 102 Å². The molecule has 2 bridgehead atoms. The molecule has 2 aliphatic carbocycles. The predicted molar refractivity (Wildman–Crippen MR) is 67.8 cm³/mol. The summed E-state index contributed by atoms with van der Waals surface area (Å²) in [6, 6.07) is 9.94. The average Bonchev–Trinajstić information content (AvgIpc) is 2.92. The van der Waals surface area contributed by atoms with E-state index < -0.39 is 0 Å². The van der Waals surface area contributed by atoms with E-state index in [9.17, 15) is 4.79 Å². The molecule has 1 aromatic carbocycles. The smallest absolute Gasteiger partial charge is 0.319 e. The summed E-state index contributed by atoms with van der Waals surface area (Å²) in [5.41, 5.74) is 0.855. The Balaban J connectivity index is 1.54. The molecule has 90 valence electrons. The fraction of sp³-hybridized carbons (Fsp3) is 0.500. The number of para-hydroxylation sites is 1. The molecule has 2 saturated carbocycles. The lowest BCUT2D eigenvalue weighted by molar-refractivity contribution is 0.242. The van der Waals surface area contributed by atoms with Gasteiger partial charge in [0.2, 0.25) is 0 Å². The van der Waals surface area contributed by atoms with Crippen LogP contribution >= 0.6 is 0 Å². The second-order valence-corrected chi connectivity index (χ2v) is 5.25. The second kappa shape index (κ2) is 4.40. The number of fused-ring (bicyclic) bond motifs is 2. The Morgan fingerprint density at radius 2 is 1.94 bits per heavy atom. The first-order valence-corrected chi connectivity index (χ1v) is 6.44. The van der Waals surface area contributed by atoms with Gasteiger partial charge < -0.3 is 10.6 Å². The Morgan fingerprint density at radius 1 is 1.12 bits per heavy atom. The fourth-order valence-corrected chi connectivity index (χ4v) is 3.28. The fourth-order valence-electron chi connectivity index (χ4n) is 3.28. The van der Waals surface area contributed by atoms with Crippen molar-refractivity contribution < 1.29 is 4.79 Å². The molecule has 3 nitrogen and oxygen atoms in total. The van der Waals surface area contributed by atoms with Gasteiger partial charge in [0.15, 0.2) is 0 Å². The summed E-state index contributed by atoms with van der Waals surface area (Å²) in [5.74, 6) is 1.59. The number of carbonyl (C=O) groups is 1. The third kappa shape index (κ3) is 2.28. The van der Waals surface area contributed by atoms with Gasteiger partial charge in [-0.1, -0.05) is 24.6 Å². The first-order valence-electron chi connectivity index (χ1n) is 6.44. The van der Waals surface area contributed by atoms with Gasteiger partial charge in [0.25, 0.3) is 0 Å². The Bertz CT molecular complexity index is 404. The SMILES string of the molecule is O=C(Nc1ccccc1)N[C@H]1C[C@H]2CC[C@@H]1C2. The van der Waals surface area contributed by atoms with Crippen LogP contribution in [0.1, 0.15) is 25.7 Å². The van der Waals surface area contributed by atoms with Crippen LogP contribution in [0.2, 0.25) is 0 Å². The Hall–Kier alpha value is -1.51. The highest BCUT2D eigenvalue weighted by Gasteiger charge is 2.40. The molecule has 0 radical (unpaired) electrons. The molecule has 0 saturated heterocycles. The third-order valence-electron chi connectivity index (χ3n) is 4.09. The number of rotatable bonds is 2. The van der Waals surface area contributed by atoms with Crippen LogP contribution in [0.4, 0.5) is 10.5 Å². The standard InChI is InChI=1S/C14H18N2O/c17-14(15-12-4-2-1-3-5-12)16-13-9-10-6-7-11(13)8-10/h1-5,10-11,13H,6-9H2,(H2,15,16,17)/t10-,11+,13-/m0/s1. The van der Waals surface area contributed by atoms with E-state index in [1.54, 1.807) is 0 Å². The molecule has 3 rings (SSSR count). The molecule has 0 heterocycles. The van der Waals surface area contributed by atoms with Crippen molar-refractivity contribution in [2.24, 2.45) is 11.8 Å². The maximum Gasteiger partial charge on any atom is 0.319 e. The normalized spacial score (nSPS) is 30.2. The maximum absolute atomic E-state index is 11.8. The average molecular weight is 230 g/mol. The van der Waals surface area contributed by atoms with E-state index in [0.29, 0.717) is 6.04 Å². The molecule has 0 spiro atoms. The van der Waals surface area contributed by atoms with Crippen LogP contribution < -0.4 is 10.6 Å². The lowest BCUT2D eigenvalue weighted by atomic mass is 9.95. The zero-order valence-electron chi connectivity index (χ0n) is 9.86. The molecule has 1 aromatic rings. The monoisotopic (exact) mass is 230 g/mol. The Kier molecular flexibility index (Phi) is 2.75. The van der Waals surface area contributed by atoms with Crippen molar-refractivity contribution in [3.05, 3.63) is 30.3 Å². The zero-order chi connectivity index (χ0) is 11.7. The largest absolute Gasteiger partial charge is 0.335 e. The molecular formula is C14H18N2O. The maximum atomic E-state index is 11.8. The van der Waals surface area contributed by atoms with Gasteiger partial charge in [-0.15, -0.1) is 0 Å². The summed E-state index contributed by atoms with van der Waals surface area (Å²) >= 11 is 0. The summed E-state index contributed by atoms with van der Waals surface area (Å²) in [6.45, 7) is 0. The van der Waals surface area contributed by atoms with Crippen LogP contribution in [0.5, 0.6) is 0 Å². The molecule has 3 atom stereocenters. The van der Waals surface area contributed by atoms with Crippen LogP contribution in [0, 0.1) is 11.8 Å². The van der Waals surface area contributed by atoms with E-state index in [0.717, 1.165) is 17.5 Å². The minimum atomic E-state index is -0.0613. The van der Waals surface area contributed by atoms with E-state index in [-0.39, 0.29) is 6.03 Å². The highest BCUT2D eigenvalue weighted by molar-refractivity contribution is 5.89. The van der Waals surface area contributed by atoms with Crippen molar-refractivity contribution in [3.8, 4) is 0 Å². The van der Waals surface area contributed by atoms with Crippen molar-refractivity contribution in [2.75, 3.05) is 5.32 Å². The van der Waals surface area contributed by atoms with E-state index in [4.69, 9.17) is 0 Å². The number of urea groups is 1. The number of amides is 2. The van der Waals surface area contributed by atoms with Crippen molar-refractivity contribution in [3.63, 3.8) is 0 Å². The van der Waals surface area contributed by atoms with Crippen LogP contribution in [-0.2, 0) is 0 Å². The number of hydrogen-bond donors (Lipinski definition) is 2. The van der Waals surface area contributed by atoms with Gasteiger partial charge in [0.05, 0.1) is 0 Å². The number of carbonyl (C=O) groups excluding carboxylic acids is 1. The summed E-state index contributed by atoms with van der Waals surface area (Å²) in [5, 5.41) is 5.99. The van der Waals surface area contributed by atoms with E-state index >= 15 is 0 Å². The number of anilines is 1. The molecule has 3 heteroatoms. The highest BCUT2D eigenvalue weighted by atomic mass is 16.2. The van der Waals surface area contributed by atoms with Crippen molar-refractivity contribution in [1.82, 2.24) is 5.32 Å². The zero-order valence-corrected chi connectivity index (χ0v) is 9.86. The summed E-state index contributed by atoms with van der Waals surface area (Å²) < 4.78 is 0. The van der Waals surface area contributed by atoms with E-state index in [2.05, 4.69) is 10.6 Å². The van der Waals surface area contributed by atoms with Gasteiger partial charge in [0, 0.05) is 11.7 Å². The summed E-state index contributed by atoms with van der Waals surface area (Å²) in [6.07, 6.45) is 5.15. The van der Waals surface area contributed by atoms with Gasteiger partial charge in [-0.05, 0) is 43.2 Å². The number of nitrogens with one attached hydrogen (secondary N) is 2. The molecule has 0 aromatic heterocycles. The van der Waals surface area contributed by atoms with Gasteiger partial charge in [-0.25, -0.2) is 4.79 Å². The second-order valence-electron chi connectivity index (χ2n) is 5.25. The minimum absolute atomic E-state index is 0.0613. The van der Waals surface area contributed by atoms with Crippen molar-refractivity contribution >= 4 is 11.7 Å².